The molecule has 3 rings (SSSR count). The monoisotopic (exact) mass is 427 g/mol. The first-order valence-corrected chi connectivity index (χ1v) is 8.22. The minimum atomic E-state index is -4.92. The quantitative estimate of drug-likeness (QED) is 0.369. The Morgan fingerprint density at radius 3 is 1.83 bits per heavy atom. The average molecular weight is 427 g/mol. The first kappa shape index (κ1) is 21.2. The number of carbonyl (C=O) groups is 1. The Hall–Kier alpha value is -3.56. The van der Waals surface area contributed by atoms with E-state index in [1.54, 1.807) is 0 Å². The van der Waals surface area contributed by atoms with Gasteiger partial charge < -0.3 is 9.47 Å². The van der Waals surface area contributed by atoms with Crippen LogP contribution in [0.1, 0.15) is 10.4 Å². The van der Waals surface area contributed by atoms with E-state index in [1.807, 2.05) is 0 Å². The maximum absolute atomic E-state index is 12.5. The first-order valence-electron chi connectivity index (χ1n) is 8.22. The highest BCUT2D eigenvalue weighted by Gasteiger charge is 2.32. The molecule has 0 unspecified atom stereocenters. The van der Waals surface area contributed by atoms with Crippen LogP contribution >= 0.6 is 0 Å². The van der Waals surface area contributed by atoms with Crippen molar-refractivity contribution in [2.75, 3.05) is 0 Å². The van der Waals surface area contributed by atoms with Crippen molar-refractivity contribution < 1.29 is 40.6 Å². The maximum Gasteiger partial charge on any atom is 0.573 e. The Kier molecular flexibility index (Phi) is 5.68. The zero-order valence-electron chi connectivity index (χ0n) is 14.8. The van der Waals surface area contributed by atoms with E-state index in [0.717, 1.165) is 24.3 Å². The SMILES string of the molecule is O=Cc1ccnc(-c2cccc(OC(F)(F)F)c2)c1-c1cccc(OC(F)(F)F)c1. The number of rotatable bonds is 5. The second-order valence-electron chi connectivity index (χ2n) is 5.89. The number of hydrogen-bond acceptors (Lipinski definition) is 4. The van der Waals surface area contributed by atoms with Gasteiger partial charge in [0, 0.05) is 22.9 Å². The minimum Gasteiger partial charge on any atom is -0.406 e. The fourth-order valence-electron chi connectivity index (χ4n) is 2.79. The molecule has 156 valence electrons. The average Bonchev–Trinajstić information content (AvgIpc) is 2.65. The van der Waals surface area contributed by atoms with Crippen molar-refractivity contribution in [2.45, 2.75) is 12.7 Å². The molecule has 0 aliphatic carbocycles. The Bertz CT molecular complexity index is 1060. The third-order valence-electron chi connectivity index (χ3n) is 3.81. The predicted molar refractivity (Wildman–Crippen MR) is 93.9 cm³/mol. The van der Waals surface area contributed by atoms with E-state index in [1.165, 1.54) is 36.5 Å². The van der Waals surface area contributed by atoms with E-state index in [4.69, 9.17) is 0 Å². The topological polar surface area (TPSA) is 48.4 Å². The van der Waals surface area contributed by atoms with Crippen molar-refractivity contribution in [3.05, 3.63) is 66.4 Å². The van der Waals surface area contributed by atoms with Crippen molar-refractivity contribution in [1.82, 2.24) is 4.98 Å². The van der Waals surface area contributed by atoms with Crippen LogP contribution < -0.4 is 9.47 Å². The second kappa shape index (κ2) is 8.05. The van der Waals surface area contributed by atoms with Crippen LogP contribution in [0.5, 0.6) is 11.5 Å². The molecule has 3 aromatic rings. The number of ether oxygens (including phenoxy) is 2. The first-order chi connectivity index (χ1) is 14.1. The number of hydrogen-bond donors (Lipinski definition) is 0. The van der Waals surface area contributed by atoms with Crippen molar-refractivity contribution in [2.24, 2.45) is 0 Å². The van der Waals surface area contributed by atoms with E-state index >= 15 is 0 Å². The normalized spacial score (nSPS) is 11.8. The summed E-state index contributed by atoms with van der Waals surface area (Å²) in [6.45, 7) is 0. The standard InChI is InChI=1S/C20H11F6NO3/c21-19(22,23)29-15-5-1-3-12(9-15)17-14(11-28)7-8-27-18(17)13-4-2-6-16(10-13)30-20(24,25)26/h1-11H. The molecule has 0 bridgehead atoms. The van der Waals surface area contributed by atoms with Crippen LogP contribution in [0.15, 0.2) is 60.8 Å². The van der Waals surface area contributed by atoms with Crippen molar-refractivity contribution in [3.63, 3.8) is 0 Å². The van der Waals surface area contributed by atoms with Crippen LogP contribution in [0.25, 0.3) is 22.4 Å². The van der Waals surface area contributed by atoms with E-state index < -0.39 is 24.2 Å². The summed E-state index contributed by atoms with van der Waals surface area (Å²) in [4.78, 5) is 15.7. The summed E-state index contributed by atoms with van der Waals surface area (Å²) in [6.07, 6.45) is -8.11. The number of aldehydes is 1. The van der Waals surface area contributed by atoms with Gasteiger partial charge in [-0.2, -0.15) is 0 Å². The summed E-state index contributed by atoms with van der Waals surface area (Å²) >= 11 is 0. The number of halogens is 6. The summed E-state index contributed by atoms with van der Waals surface area (Å²) in [6, 6.07) is 11.0. The molecule has 0 N–H and O–H groups in total. The lowest BCUT2D eigenvalue weighted by Gasteiger charge is -2.15. The van der Waals surface area contributed by atoms with E-state index in [0.29, 0.717) is 6.29 Å². The highest BCUT2D eigenvalue weighted by molar-refractivity contribution is 5.94. The zero-order valence-corrected chi connectivity index (χ0v) is 14.8. The molecular formula is C20H11F6NO3. The number of benzene rings is 2. The van der Waals surface area contributed by atoms with E-state index in [9.17, 15) is 31.1 Å². The van der Waals surface area contributed by atoms with Crippen molar-refractivity contribution in [3.8, 4) is 33.9 Å². The summed E-state index contributed by atoms with van der Waals surface area (Å²) in [5, 5.41) is 0. The largest absolute Gasteiger partial charge is 0.573 e. The maximum atomic E-state index is 12.5. The van der Waals surface area contributed by atoms with Gasteiger partial charge >= 0.3 is 12.7 Å². The molecule has 0 atom stereocenters. The highest BCUT2D eigenvalue weighted by atomic mass is 19.4. The Morgan fingerprint density at radius 1 is 0.767 bits per heavy atom. The molecule has 1 aromatic heterocycles. The molecule has 4 nitrogen and oxygen atoms in total. The van der Waals surface area contributed by atoms with Gasteiger partial charge in [0.2, 0.25) is 0 Å². The molecule has 0 fully saturated rings. The van der Waals surface area contributed by atoms with Gasteiger partial charge in [0.25, 0.3) is 0 Å². The van der Waals surface area contributed by atoms with Gasteiger partial charge in [-0.05, 0) is 35.9 Å². The van der Waals surface area contributed by atoms with Crippen LogP contribution in [0, 0.1) is 0 Å². The molecule has 0 saturated heterocycles. The second-order valence-corrected chi connectivity index (χ2v) is 5.89. The third-order valence-corrected chi connectivity index (χ3v) is 3.81. The Morgan fingerprint density at radius 2 is 1.30 bits per heavy atom. The smallest absolute Gasteiger partial charge is 0.406 e. The fourth-order valence-corrected chi connectivity index (χ4v) is 2.79. The molecule has 0 spiro atoms. The van der Waals surface area contributed by atoms with Crippen molar-refractivity contribution in [1.29, 1.82) is 0 Å². The summed E-state index contributed by atoms with van der Waals surface area (Å²) in [5.74, 6) is -1.04. The van der Waals surface area contributed by atoms with E-state index in [-0.39, 0.29) is 27.9 Å². The van der Waals surface area contributed by atoms with Gasteiger partial charge in [-0.1, -0.05) is 24.3 Å². The molecule has 30 heavy (non-hydrogen) atoms. The summed E-state index contributed by atoms with van der Waals surface area (Å²) in [5.41, 5.74) is 0.605. The molecule has 0 aliphatic heterocycles. The molecule has 0 aliphatic rings. The highest BCUT2D eigenvalue weighted by Crippen LogP contribution is 2.37. The number of alkyl halides is 6. The predicted octanol–water partition coefficient (Wildman–Crippen LogP) is 6.03. The lowest BCUT2D eigenvalue weighted by atomic mass is 9.95. The molecule has 0 saturated carbocycles. The summed E-state index contributed by atoms with van der Waals surface area (Å²) in [7, 11) is 0. The molecule has 10 heteroatoms. The number of carbonyl (C=O) groups excluding carboxylic acids is 1. The lowest BCUT2D eigenvalue weighted by Crippen LogP contribution is -2.17. The summed E-state index contributed by atoms with van der Waals surface area (Å²) < 4.78 is 83.0. The Balaban J connectivity index is 2.13. The van der Waals surface area contributed by atoms with Gasteiger partial charge in [-0.15, -0.1) is 26.3 Å². The van der Waals surface area contributed by atoms with Gasteiger partial charge in [0.05, 0.1) is 5.69 Å². The van der Waals surface area contributed by atoms with Gasteiger partial charge in [0.1, 0.15) is 11.5 Å². The van der Waals surface area contributed by atoms with Crippen LogP contribution in [-0.2, 0) is 0 Å². The fraction of sp³-hybridized carbons (Fsp3) is 0.100. The number of nitrogens with zero attached hydrogens (tertiary/aromatic N) is 1. The lowest BCUT2D eigenvalue weighted by molar-refractivity contribution is -0.275. The Labute approximate surface area is 165 Å². The zero-order chi connectivity index (χ0) is 21.9. The number of aromatic nitrogens is 1. The molecule has 0 radical (unpaired) electrons. The van der Waals surface area contributed by atoms with Crippen LogP contribution in [0.3, 0.4) is 0 Å². The van der Waals surface area contributed by atoms with Crippen LogP contribution in [-0.4, -0.2) is 24.0 Å². The van der Waals surface area contributed by atoms with Gasteiger partial charge in [-0.3, -0.25) is 9.78 Å². The van der Waals surface area contributed by atoms with Crippen molar-refractivity contribution >= 4 is 6.29 Å². The van der Waals surface area contributed by atoms with Crippen LogP contribution in [0.2, 0.25) is 0 Å². The van der Waals surface area contributed by atoms with Gasteiger partial charge in [-0.25, -0.2) is 0 Å². The molecule has 2 aromatic carbocycles. The third kappa shape index (κ3) is 5.28. The number of pyridine rings is 1. The minimum absolute atomic E-state index is 0.0753. The van der Waals surface area contributed by atoms with E-state index in [2.05, 4.69) is 14.5 Å². The molecular weight excluding hydrogens is 416 g/mol. The van der Waals surface area contributed by atoms with Crippen LogP contribution in [0.4, 0.5) is 26.3 Å². The molecule has 0 amide bonds. The van der Waals surface area contributed by atoms with Gasteiger partial charge in [0.15, 0.2) is 6.29 Å². The molecule has 1 heterocycles.